The van der Waals surface area contributed by atoms with E-state index < -0.39 is 52.5 Å². The van der Waals surface area contributed by atoms with Crippen molar-refractivity contribution in [1.29, 1.82) is 0 Å². The number of thiazole rings is 1. The van der Waals surface area contributed by atoms with Crippen LogP contribution >= 0.6 is 23.1 Å². The van der Waals surface area contributed by atoms with Crippen molar-refractivity contribution in [2.24, 2.45) is 10.6 Å². The number of alkyl halides is 2. The number of carboxylic acids is 1. The lowest BCUT2D eigenvalue weighted by atomic mass is 9.77. The van der Waals surface area contributed by atoms with E-state index in [1.807, 2.05) is 109 Å². The van der Waals surface area contributed by atoms with E-state index in [1.165, 1.54) is 27.6 Å². The van der Waals surface area contributed by atoms with Crippen molar-refractivity contribution in [2.75, 3.05) is 30.7 Å². The lowest BCUT2D eigenvalue weighted by Crippen LogP contribution is -2.74. The summed E-state index contributed by atoms with van der Waals surface area (Å²) in [5, 5.41) is 21.5. The molecule has 3 aliphatic heterocycles. The van der Waals surface area contributed by atoms with Crippen LogP contribution in [-0.2, 0) is 37.7 Å². The number of carbonyl (C=O) groups is 3. The van der Waals surface area contributed by atoms with Gasteiger partial charge in [0.25, 0.3) is 5.91 Å². The Hall–Kier alpha value is -5.64. The number of nitrogens with one attached hydrogen (secondary N) is 2. The van der Waals surface area contributed by atoms with E-state index in [9.17, 15) is 28.3 Å². The molecule has 15 heteroatoms. The number of hydrogen-bond donors (Lipinski definition) is 3. The van der Waals surface area contributed by atoms with E-state index in [-0.39, 0.29) is 24.5 Å². The first-order valence-electron chi connectivity index (χ1n) is 18.3. The molecule has 0 saturated carbocycles. The second kappa shape index (κ2) is 16.1. The van der Waals surface area contributed by atoms with Gasteiger partial charge in [0.05, 0.1) is 0 Å². The Morgan fingerprint density at radius 2 is 1.53 bits per heavy atom. The average molecular weight is 809 g/mol. The van der Waals surface area contributed by atoms with E-state index in [4.69, 9.17) is 0 Å². The van der Waals surface area contributed by atoms with E-state index in [2.05, 4.69) is 36.6 Å². The largest absolute Gasteiger partial charge is 0.481 e. The van der Waals surface area contributed by atoms with Crippen LogP contribution in [0.3, 0.4) is 0 Å². The number of nitrogens with zero attached hydrogens (tertiary/aromatic N) is 4. The number of thioether (sulfide) groups is 1. The van der Waals surface area contributed by atoms with Crippen LogP contribution in [0.25, 0.3) is 0 Å². The monoisotopic (exact) mass is 808 g/mol. The van der Waals surface area contributed by atoms with Gasteiger partial charge in [-0.2, -0.15) is 8.78 Å². The number of β-lactam (4-membered cyclic amide) rings is 1. The number of anilines is 1. The van der Waals surface area contributed by atoms with Gasteiger partial charge in [-0.15, -0.1) is 23.1 Å². The zero-order chi connectivity index (χ0) is 39.6. The lowest BCUT2D eigenvalue weighted by Gasteiger charge is -2.54. The minimum absolute atomic E-state index is 0.0219. The molecular weight excluding hydrogens is 771 g/mol. The maximum Gasteiger partial charge on any atom is 0.407 e. The first-order chi connectivity index (χ1) is 27.7. The molecule has 11 nitrogen and oxygen atoms in total. The topological polar surface area (TPSA) is 136 Å². The summed E-state index contributed by atoms with van der Waals surface area (Å²) < 4.78 is 26.7. The van der Waals surface area contributed by atoms with Crippen LogP contribution in [0.2, 0.25) is 0 Å². The molecule has 8 rings (SSSR count). The summed E-state index contributed by atoms with van der Waals surface area (Å²) in [6.45, 7) is -1.76. The van der Waals surface area contributed by atoms with Crippen molar-refractivity contribution in [1.82, 2.24) is 20.1 Å². The summed E-state index contributed by atoms with van der Waals surface area (Å²) in [5.41, 5.74) is 2.36. The predicted molar refractivity (Wildman–Crippen MR) is 214 cm³/mol. The summed E-state index contributed by atoms with van der Waals surface area (Å²) in [5.74, 6) is -2.18. The van der Waals surface area contributed by atoms with Gasteiger partial charge < -0.3 is 25.5 Å². The summed E-state index contributed by atoms with van der Waals surface area (Å²) in [6, 6.07) is 36.4. The highest BCUT2D eigenvalue weighted by Gasteiger charge is 2.58. The molecule has 0 bridgehead atoms. The van der Waals surface area contributed by atoms with Crippen molar-refractivity contribution in [3.63, 3.8) is 0 Å². The smallest absolute Gasteiger partial charge is 0.407 e. The van der Waals surface area contributed by atoms with Crippen molar-refractivity contribution in [2.45, 2.75) is 36.5 Å². The number of benzene rings is 4. The standard InChI is InChI=1S/C42H38F2N6O5S2/c43-39(44)55-48-33(32-23-56-40(45-32)47-42(29-14-4-1-5-15-29,30-16-6-2-7-17-30)31-18-8-3-9-19-31)35(51)46-34-36(52)50-25-41(38(53)54,26-57-37(34)50)24-49-21-20-27-12-10-11-13-28(27)22-49/h1-19,23,34,37,39H,20-22,24-26H2,(H,45,47)(H,46,51)(H,53,54)/t34?,37-,41?/m1/s1. The summed E-state index contributed by atoms with van der Waals surface area (Å²) in [7, 11) is 0. The number of carbonyl (C=O) groups excluding carboxylic acids is 2. The molecule has 4 heterocycles. The summed E-state index contributed by atoms with van der Waals surface area (Å²) >= 11 is 2.42. The van der Waals surface area contributed by atoms with E-state index in [0.29, 0.717) is 18.2 Å². The molecule has 0 spiro atoms. The van der Waals surface area contributed by atoms with Gasteiger partial charge in [0.15, 0.2) is 10.8 Å². The molecule has 5 aromatic rings. The van der Waals surface area contributed by atoms with Gasteiger partial charge in [-0.25, -0.2) is 4.98 Å². The van der Waals surface area contributed by atoms with Crippen LogP contribution in [0.4, 0.5) is 13.9 Å². The Bertz CT molecular complexity index is 2190. The third kappa shape index (κ3) is 7.49. The number of hydrogen-bond acceptors (Lipinski definition) is 10. The normalized spacial score (nSPS) is 20.9. The number of fused-ring (bicyclic) bond motifs is 2. The SMILES string of the molecule is O=C(NC1C(=O)N2CC(CN3CCc4ccccc4C3)(C(=O)O)CS[C@H]12)C(=NOC(F)F)c1csc(NC(c2ccccc2)(c2ccccc2)c2ccccc2)n1. The Morgan fingerprint density at radius 1 is 0.930 bits per heavy atom. The second-order valence-corrected chi connectivity index (χ2v) is 16.2. The molecular formula is C42H38F2N6O5S2. The zero-order valence-corrected chi connectivity index (χ0v) is 32.1. The molecule has 4 aromatic carbocycles. The van der Waals surface area contributed by atoms with Crippen molar-refractivity contribution < 1.29 is 33.1 Å². The van der Waals surface area contributed by atoms with Gasteiger partial charge in [0.2, 0.25) is 5.91 Å². The molecule has 3 atom stereocenters. The Balaban J connectivity index is 1.02. The fraction of sp³-hybridized carbons (Fsp3) is 0.262. The molecule has 2 fully saturated rings. The lowest BCUT2D eigenvalue weighted by molar-refractivity contribution is -0.160. The Morgan fingerprint density at radius 3 is 2.12 bits per heavy atom. The number of carboxylic acid groups (broad SMARTS) is 1. The first-order valence-corrected chi connectivity index (χ1v) is 20.3. The van der Waals surface area contributed by atoms with E-state index >= 15 is 0 Å². The molecule has 292 valence electrons. The fourth-order valence-corrected chi connectivity index (χ4v) is 10.2. The number of halogens is 2. The minimum atomic E-state index is -3.32. The third-order valence-corrected chi connectivity index (χ3v) is 13.1. The highest BCUT2D eigenvalue weighted by molar-refractivity contribution is 8.00. The summed E-state index contributed by atoms with van der Waals surface area (Å²) in [6.07, 6.45) is 0.808. The van der Waals surface area contributed by atoms with Crippen LogP contribution in [0, 0.1) is 5.41 Å². The molecule has 0 radical (unpaired) electrons. The predicted octanol–water partition coefficient (Wildman–Crippen LogP) is 6.02. The maximum atomic E-state index is 13.8. The van der Waals surface area contributed by atoms with Gasteiger partial charge in [-0.1, -0.05) is 120 Å². The van der Waals surface area contributed by atoms with Gasteiger partial charge in [-0.3, -0.25) is 19.3 Å². The van der Waals surface area contributed by atoms with Gasteiger partial charge in [-0.05, 0) is 34.2 Å². The number of aromatic nitrogens is 1. The molecule has 3 aliphatic rings. The van der Waals surface area contributed by atoms with E-state index in [0.717, 1.165) is 40.0 Å². The van der Waals surface area contributed by atoms with Crippen LogP contribution < -0.4 is 10.6 Å². The minimum Gasteiger partial charge on any atom is -0.481 e. The number of rotatable bonds is 13. The quantitative estimate of drug-likeness (QED) is 0.0565. The molecule has 2 saturated heterocycles. The third-order valence-electron chi connectivity index (χ3n) is 10.7. The van der Waals surface area contributed by atoms with Crippen LogP contribution in [0.1, 0.15) is 33.5 Å². The molecule has 2 amide bonds. The second-order valence-electron chi connectivity index (χ2n) is 14.3. The highest BCUT2D eigenvalue weighted by atomic mass is 32.2. The molecule has 2 unspecified atom stereocenters. The van der Waals surface area contributed by atoms with Gasteiger partial charge in [0.1, 0.15) is 28.1 Å². The van der Waals surface area contributed by atoms with Gasteiger partial charge in [0, 0.05) is 37.3 Å². The molecule has 57 heavy (non-hydrogen) atoms. The molecule has 3 N–H and O–H groups in total. The molecule has 0 aliphatic carbocycles. The number of oxime groups is 1. The van der Waals surface area contributed by atoms with Crippen molar-refractivity contribution in [3.05, 3.63) is 154 Å². The van der Waals surface area contributed by atoms with Crippen LogP contribution in [0.15, 0.2) is 126 Å². The van der Waals surface area contributed by atoms with Crippen LogP contribution in [0.5, 0.6) is 0 Å². The maximum absolute atomic E-state index is 13.8. The number of aliphatic carboxylic acids is 1. The van der Waals surface area contributed by atoms with E-state index in [1.54, 1.807) is 0 Å². The average Bonchev–Trinajstić information content (AvgIpc) is 3.70. The first kappa shape index (κ1) is 38.2. The number of amides is 2. The van der Waals surface area contributed by atoms with Crippen molar-refractivity contribution in [3.8, 4) is 0 Å². The van der Waals surface area contributed by atoms with Gasteiger partial charge >= 0.3 is 12.6 Å². The van der Waals surface area contributed by atoms with Crippen LogP contribution in [-0.4, -0.2) is 86.8 Å². The zero-order valence-electron chi connectivity index (χ0n) is 30.5. The fourth-order valence-electron chi connectivity index (χ4n) is 7.93. The Labute approximate surface area is 335 Å². The van der Waals surface area contributed by atoms with Crippen molar-refractivity contribution >= 4 is 51.7 Å². The Kier molecular flexibility index (Phi) is 10.8. The summed E-state index contributed by atoms with van der Waals surface area (Å²) in [4.78, 5) is 52.7. The highest BCUT2D eigenvalue weighted by Crippen LogP contribution is 2.44. The molecule has 1 aromatic heterocycles.